The van der Waals surface area contributed by atoms with E-state index in [2.05, 4.69) is 0 Å². The maximum atomic E-state index is 5.86. The van der Waals surface area contributed by atoms with Crippen LogP contribution in [-0.2, 0) is 51.2 Å². The average molecular weight is 457 g/mol. The van der Waals surface area contributed by atoms with E-state index in [1.54, 1.807) is 0 Å². The molecule has 0 N–H and O–H groups in total. The Morgan fingerprint density at radius 1 is 0.750 bits per heavy atom. The molecule has 2 atom stereocenters. The Kier molecular flexibility index (Phi) is 12.2. The summed E-state index contributed by atoms with van der Waals surface area (Å²) in [5.74, 6) is 0. The first-order valence-corrected chi connectivity index (χ1v) is 16.0. The van der Waals surface area contributed by atoms with Gasteiger partial charge >= 0.3 is 0 Å². The van der Waals surface area contributed by atoms with E-state index < -0.39 is 11.4 Å². The zero-order chi connectivity index (χ0) is 18.1. The molecule has 12 heteroatoms. The van der Waals surface area contributed by atoms with Crippen LogP contribution < -0.4 is 0 Å². The molecule has 1 fully saturated rings. The molecular formula is C12H26O6P2S4. The van der Waals surface area contributed by atoms with Crippen LogP contribution >= 0.6 is 34.2 Å². The van der Waals surface area contributed by atoms with Crippen LogP contribution in [0.25, 0.3) is 0 Å². The van der Waals surface area contributed by atoms with E-state index in [9.17, 15) is 0 Å². The zero-order valence-corrected chi connectivity index (χ0v) is 19.4. The van der Waals surface area contributed by atoms with Gasteiger partial charge in [0.25, 0.3) is 0 Å². The van der Waals surface area contributed by atoms with Crippen LogP contribution in [0, 0.1) is 0 Å². The lowest BCUT2D eigenvalue weighted by molar-refractivity contribution is -0.0654. The van der Waals surface area contributed by atoms with Crippen molar-refractivity contribution in [1.82, 2.24) is 0 Å². The molecule has 0 bridgehead atoms. The molecule has 0 saturated carbocycles. The normalized spacial score (nSPS) is 22.7. The maximum absolute atomic E-state index is 5.86. The monoisotopic (exact) mass is 456 g/mol. The number of ether oxygens (including phenoxy) is 2. The van der Waals surface area contributed by atoms with Crippen molar-refractivity contribution >= 4 is 57.8 Å². The first kappa shape index (κ1) is 23.8. The van der Waals surface area contributed by atoms with Crippen molar-refractivity contribution in [3.05, 3.63) is 0 Å². The Hall–Kier alpha value is 1.76. The van der Waals surface area contributed by atoms with Crippen LogP contribution in [0.2, 0.25) is 0 Å². The summed E-state index contributed by atoms with van der Waals surface area (Å²) in [6.07, 6.45) is 0. The molecule has 0 spiro atoms. The highest BCUT2D eigenvalue weighted by atomic mass is 32.9. The molecule has 0 radical (unpaired) electrons. The molecule has 1 rings (SSSR count). The van der Waals surface area contributed by atoms with E-state index in [4.69, 9.17) is 51.2 Å². The second-order valence-electron chi connectivity index (χ2n) is 4.25. The van der Waals surface area contributed by atoms with E-state index in [0.717, 1.165) is 0 Å². The molecule has 1 heterocycles. The Morgan fingerprint density at radius 2 is 1.04 bits per heavy atom. The lowest BCUT2D eigenvalue weighted by Crippen LogP contribution is -2.34. The molecule has 0 amide bonds. The van der Waals surface area contributed by atoms with Gasteiger partial charge in [-0.15, -0.1) is 0 Å². The Balaban J connectivity index is 2.83. The van der Waals surface area contributed by atoms with Crippen LogP contribution in [0.5, 0.6) is 0 Å². The molecule has 1 saturated heterocycles. The standard InChI is InChI=1S/C12H26O6P2S4/c1-5-15-19(21,16-6-2)23-11-12(14-10-9-13-11)24-20(22,17-7-3)18-8-4/h11-12H,5-10H2,1-4H3/t11-,12+. The third kappa shape index (κ3) is 8.19. The minimum Gasteiger partial charge on any atom is -0.361 e. The SMILES string of the molecule is CCOP(=S)(OCC)S[C@H]1OCCO[C@H]1SP(=S)(OCC)OCC. The first-order valence-electron chi connectivity index (χ1n) is 7.80. The Morgan fingerprint density at radius 3 is 1.29 bits per heavy atom. The highest BCUT2D eigenvalue weighted by Gasteiger charge is 2.38. The lowest BCUT2D eigenvalue weighted by atomic mass is 10.6. The molecule has 0 aromatic heterocycles. The smallest absolute Gasteiger partial charge is 0.249 e. The zero-order valence-electron chi connectivity index (χ0n) is 14.4. The predicted octanol–water partition coefficient (Wildman–Crippen LogP) is 4.75. The second-order valence-corrected chi connectivity index (χ2v) is 16.8. The van der Waals surface area contributed by atoms with Gasteiger partial charge in [0.15, 0.2) is 0 Å². The van der Waals surface area contributed by atoms with Crippen molar-refractivity contribution in [3.63, 3.8) is 0 Å². The number of hydrogen-bond acceptors (Lipinski definition) is 10. The molecular weight excluding hydrogens is 430 g/mol. The van der Waals surface area contributed by atoms with Crippen LogP contribution in [0.15, 0.2) is 0 Å². The minimum atomic E-state index is -2.49. The van der Waals surface area contributed by atoms with E-state index >= 15 is 0 Å². The van der Waals surface area contributed by atoms with Crippen LogP contribution in [-0.4, -0.2) is 50.5 Å². The maximum Gasteiger partial charge on any atom is 0.249 e. The van der Waals surface area contributed by atoms with Crippen molar-refractivity contribution in [2.45, 2.75) is 38.6 Å². The van der Waals surface area contributed by atoms with E-state index in [-0.39, 0.29) is 10.9 Å². The fraction of sp³-hybridized carbons (Fsp3) is 1.00. The van der Waals surface area contributed by atoms with Gasteiger partial charge in [0.1, 0.15) is 10.9 Å². The summed E-state index contributed by atoms with van der Waals surface area (Å²) in [4.78, 5) is 0. The molecule has 1 aliphatic heterocycles. The van der Waals surface area contributed by atoms with Crippen molar-refractivity contribution in [1.29, 1.82) is 0 Å². The third-order valence-corrected chi connectivity index (χ3v) is 13.5. The third-order valence-electron chi connectivity index (χ3n) is 2.48. The van der Waals surface area contributed by atoms with E-state index in [1.165, 1.54) is 22.8 Å². The van der Waals surface area contributed by atoms with Gasteiger partial charge in [0.2, 0.25) is 11.4 Å². The molecule has 144 valence electrons. The van der Waals surface area contributed by atoms with Crippen molar-refractivity contribution in [3.8, 4) is 0 Å². The fourth-order valence-electron chi connectivity index (χ4n) is 1.73. The van der Waals surface area contributed by atoms with Crippen LogP contribution in [0.3, 0.4) is 0 Å². The lowest BCUT2D eigenvalue weighted by Gasteiger charge is -2.35. The first-order chi connectivity index (χ1) is 11.4. The largest absolute Gasteiger partial charge is 0.361 e. The summed E-state index contributed by atoms with van der Waals surface area (Å²) in [6, 6.07) is 0. The minimum absolute atomic E-state index is 0.337. The summed E-state index contributed by atoms with van der Waals surface area (Å²) in [6.45, 7) is 10.5. The van der Waals surface area contributed by atoms with Crippen LogP contribution in [0.1, 0.15) is 27.7 Å². The quantitative estimate of drug-likeness (QED) is 0.385. The van der Waals surface area contributed by atoms with Gasteiger partial charge in [-0.2, -0.15) is 0 Å². The van der Waals surface area contributed by atoms with Gasteiger partial charge in [-0.05, 0) is 74.1 Å². The molecule has 24 heavy (non-hydrogen) atoms. The molecule has 6 nitrogen and oxygen atoms in total. The van der Waals surface area contributed by atoms with Gasteiger partial charge in [0.05, 0.1) is 39.6 Å². The van der Waals surface area contributed by atoms with Gasteiger partial charge in [-0.3, -0.25) is 0 Å². The highest BCUT2D eigenvalue weighted by Crippen LogP contribution is 2.68. The van der Waals surface area contributed by atoms with Crippen LogP contribution in [0.4, 0.5) is 0 Å². The van der Waals surface area contributed by atoms with E-state index in [1.807, 2.05) is 27.7 Å². The summed E-state index contributed by atoms with van der Waals surface area (Å²) >= 11 is 13.9. The average Bonchev–Trinajstić information content (AvgIpc) is 2.50. The Labute approximate surface area is 163 Å². The van der Waals surface area contributed by atoms with E-state index in [0.29, 0.717) is 39.6 Å². The molecule has 1 aliphatic rings. The van der Waals surface area contributed by atoms with Crippen molar-refractivity contribution < 1.29 is 27.6 Å². The topological polar surface area (TPSA) is 55.4 Å². The van der Waals surface area contributed by atoms with Gasteiger partial charge < -0.3 is 27.6 Å². The predicted molar refractivity (Wildman–Crippen MR) is 110 cm³/mol. The fourth-order valence-corrected chi connectivity index (χ4v) is 12.7. The van der Waals surface area contributed by atoms with Gasteiger partial charge in [-0.25, -0.2) is 0 Å². The number of rotatable bonds is 12. The summed E-state index contributed by atoms with van der Waals surface area (Å²) in [5.41, 5.74) is -5.66. The molecule has 0 unspecified atom stereocenters. The Bertz CT molecular complexity index is 395. The summed E-state index contributed by atoms with van der Waals surface area (Å²) < 4.78 is 34.5. The molecule has 0 aliphatic carbocycles. The number of hydrogen-bond donors (Lipinski definition) is 0. The van der Waals surface area contributed by atoms with Crippen molar-refractivity contribution in [2.24, 2.45) is 0 Å². The summed E-state index contributed by atoms with van der Waals surface area (Å²) in [7, 11) is 0. The van der Waals surface area contributed by atoms with Gasteiger partial charge in [-0.1, -0.05) is 0 Å². The second kappa shape index (κ2) is 12.3. The highest BCUT2D eigenvalue weighted by molar-refractivity contribution is 8.69. The van der Waals surface area contributed by atoms with Gasteiger partial charge in [0, 0.05) is 0 Å². The molecule has 0 aromatic rings. The van der Waals surface area contributed by atoms with Crippen molar-refractivity contribution in [2.75, 3.05) is 39.6 Å². The summed E-state index contributed by atoms with van der Waals surface area (Å²) in [5, 5.41) is 0. The molecule has 0 aromatic carbocycles.